The highest BCUT2D eigenvalue weighted by Crippen LogP contribution is 2.23. The topological polar surface area (TPSA) is 79.3 Å². The average molecular weight is 268 g/mol. The highest BCUT2D eigenvalue weighted by atomic mass is 32.1. The first kappa shape index (κ1) is 13.0. The number of carbonyl (C=O) groups excluding carboxylic acids is 1. The maximum absolute atomic E-state index is 11.9. The number of carboxylic acids is 1. The highest BCUT2D eigenvalue weighted by Gasteiger charge is 2.22. The van der Waals surface area contributed by atoms with Crippen molar-refractivity contribution in [1.82, 2.24) is 10.3 Å². The minimum absolute atomic E-state index is 0.0674. The predicted octanol–water partition coefficient (Wildman–Crippen LogP) is 2.15. The van der Waals surface area contributed by atoms with Crippen molar-refractivity contribution < 1.29 is 14.7 Å². The summed E-state index contributed by atoms with van der Waals surface area (Å²) >= 11 is 1.07. The Morgan fingerprint density at radius 3 is 2.89 bits per heavy atom. The van der Waals surface area contributed by atoms with E-state index in [2.05, 4.69) is 17.2 Å². The maximum atomic E-state index is 11.9. The zero-order valence-electron chi connectivity index (χ0n) is 10.2. The van der Waals surface area contributed by atoms with Gasteiger partial charge in [-0.25, -0.2) is 9.78 Å². The van der Waals surface area contributed by atoms with Crippen molar-refractivity contribution in [3.05, 3.63) is 16.1 Å². The van der Waals surface area contributed by atoms with E-state index in [4.69, 9.17) is 5.11 Å². The van der Waals surface area contributed by atoms with E-state index in [-0.39, 0.29) is 22.7 Å². The standard InChI is InChI=1S/C12H16N2O3S/c1-7-3-2-4-8(5-7)13-10(15)11-14-9(6-18-11)12(16)17/h6-8H,2-5H2,1H3,(H,13,15)(H,16,17). The van der Waals surface area contributed by atoms with Crippen LogP contribution in [0, 0.1) is 5.92 Å². The number of amides is 1. The first-order chi connectivity index (χ1) is 8.56. The van der Waals surface area contributed by atoms with Crippen molar-refractivity contribution >= 4 is 23.2 Å². The number of nitrogens with one attached hydrogen (secondary N) is 1. The van der Waals surface area contributed by atoms with Crippen molar-refractivity contribution in [1.29, 1.82) is 0 Å². The molecule has 1 aromatic heterocycles. The molecule has 1 aliphatic carbocycles. The average Bonchev–Trinajstić information content (AvgIpc) is 2.78. The lowest BCUT2D eigenvalue weighted by Crippen LogP contribution is -2.37. The molecule has 2 atom stereocenters. The Morgan fingerprint density at radius 2 is 2.28 bits per heavy atom. The second kappa shape index (κ2) is 5.48. The van der Waals surface area contributed by atoms with Gasteiger partial charge in [-0.3, -0.25) is 4.79 Å². The van der Waals surface area contributed by atoms with E-state index in [1.807, 2.05) is 0 Å². The summed E-state index contributed by atoms with van der Waals surface area (Å²) in [6, 6.07) is 0.193. The van der Waals surface area contributed by atoms with Crippen LogP contribution in [0.4, 0.5) is 0 Å². The van der Waals surface area contributed by atoms with E-state index >= 15 is 0 Å². The van der Waals surface area contributed by atoms with Crippen molar-refractivity contribution in [3.8, 4) is 0 Å². The smallest absolute Gasteiger partial charge is 0.355 e. The summed E-state index contributed by atoms with van der Waals surface area (Å²) in [6.07, 6.45) is 4.33. The first-order valence-electron chi connectivity index (χ1n) is 6.06. The lowest BCUT2D eigenvalue weighted by Gasteiger charge is -2.27. The minimum Gasteiger partial charge on any atom is -0.476 e. The van der Waals surface area contributed by atoms with Crippen molar-refractivity contribution in [3.63, 3.8) is 0 Å². The van der Waals surface area contributed by atoms with Gasteiger partial charge in [0.15, 0.2) is 10.7 Å². The number of hydrogen-bond acceptors (Lipinski definition) is 4. The van der Waals surface area contributed by atoms with Crippen LogP contribution in [0.25, 0.3) is 0 Å². The fraction of sp³-hybridized carbons (Fsp3) is 0.583. The van der Waals surface area contributed by atoms with Gasteiger partial charge in [-0.2, -0.15) is 0 Å². The summed E-state index contributed by atoms with van der Waals surface area (Å²) in [6.45, 7) is 2.18. The van der Waals surface area contributed by atoms with E-state index in [0.717, 1.165) is 30.6 Å². The predicted molar refractivity (Wildman–Crippen MR) is 68.0 cm³/mol. The molecule has 5 nitrogen and oxygen atoms in total. The van der Waals surface area contributed by atoms with Crippen LogP contribution in [0.1, 0.15) is 52.9 Å². The minimum atomic E-state index is -1.10. The van der Waals surface area contributed by atoms with Crippen LogP contribution in [0.15, 0.2) is 5.38 Å². The summed E-state index contributed by atoms with van der Waals surface area (Å²) in [5, 5.41) is 13.3. The molecule has 2 unspecified atom stereocenters. The molecule has 1 amide bonds. The molecule has 98 valence electrons. The summed E-state index contributed by atoms with van der Waals surface area (Å²) in [5.41, 5.74) is -0.0674. The molecule has 6 heteroatoms. The lowest BCUT2D eigenvalue weighted by molar-refractivity contribution is 0.0691. The number of rotatable bonds is 3. The van der Waals surface area contributed by atoms with Gasteiger partial charge in [0.2, 0.25) is 0 Å². The van der Waals surface area contributed by atoms with Gasteiger partial charge in [-0.15, -0.1) is 11.3 Å². The lowest BCUT2D eigenvalue weighted by atomic mass is 9.87. The normalized spacial score (nSPS) is 23.6. The molecule has 0 bridgehead atoms. The number of carboxylic acid groups (broad SMARTS) is 1. The molecule has 18 heavy (non-hydrogen) atoms. The molecule has 2 N–H and O–H groups in total. The third-order valence-corrected chi connectivity index (χ3v) is 4.03. The SMILES string of the molecule is CC1CCCC(NC(=O)c2nc(C(=O)O)cs2)C1. The van der Waals surface area contributed by atoms with Crippen molar-refractivity contribution in [2.24, 2.45) is 5.92 Å². The Labute approximate surface area is 109 Å². The number of aromatic nitrogens is 1. The van der Waals surface area contributed by atoms with Crippen molar-refractivity contribution in [2.45, 2.75) is 38.6 Å². The monoisotopic (exact) mass is 268 g/mol. The second-order valence-corrected chi connectivity index (χ2v) is 5.64. The van der Waals surface area contributed by atoms with E-state index in [0.29, 0.717) is 5.92 Å². The Balaban J connectivity index is 1.96. The molecule has 1 aliphatic rings. The molecule has 0 saturated heterocycles. The summed E-state index contributed by atoms with van der Waals surface area (Å²) < 4.78 is 0. The van der Waals surface area contributed by atoms with Crippen LogP contribution >= 0.6 is 11.3 Å². The van der Waals surface area contributed by atoms with E-state index in [9.17, 15) is 9.59 Å². The van der Waals surface area contributed by atoms with Gasteiger partial charge in [0.05, 0.1) is 0 Å². The Bertz CT molecular complexity index is 458. The second-order valence-electron chi connectivity index (χ2n) is 4.79. The van der Waals surface area contributed by atoms with Crippen molar-refractivity contribution in [2.75, 3.05) is 0 Å². The van der Waals surface area contributed by atoms with Gasteiger partial charge in [0.1, 0.15) is 0 Å². The summed E-state index contributed by atoms with van der Waals surface area (Å²) in [7, 11) is 0. The Morgan fingerprint density at radius 1 is 1.50 bits per heavy atom. The van der Waals surface area contributed by atoms with E-state index in [1.54, 1.807) is 0 Å². The molecular weight excluding hydrogens is 252 g/mol. The van der Waals surface area contributed by atoms with Gasteiger partial charge >= 0.3 is 5.97 Å². The molecule has 1 heterocycles. The van der Waals surface area contributed by atoms with Gasteiger partial charge in [-0.1, -0.05) is 19.8 Å². The molecule has 1 fully saturated rings. The number of aromatic carboxylic acids is 1. The van der Waals surface area contributed by atoms with E-state index < -0.39 is 5.97 Å². The number of hydrogen-bond donors (Lipinski definition) is 2. The Hall–Kier alpha value is -1.43. The first-order valence-corrected chi connectivity index (χ1v) is 6.94. The maximum Gasteiger partial charge on any atom is 0.355 e. The molecular formula is C12H16N2O3S. The molecule has 0 spiro atoms. The van der Waals surface area contributed by atoms with Crippen LogP contribution in [0.5, 0.6) is 0 Å². The molecule has 0 aromatic carbocycles. The number of thiazole rings is 1. The quantitative estimate of drug-likeness (QED) is 0.880. The van der Waals surface area contributed by atoms with Crippen LogP contribution < -0.4 is 5.32 Å². The van der Waals surface area contributed by atoms with Crippen LogP contribution in [0.2, 0.25) is 0 Å². The van der Waals surface area contributed by atoms with Crippen LogP contribution in [-0.2, 0) is 0 Å². The molecule has 0 aliphatic heterocycles. The third-order valence-electron chi connectivity index (χ3n) is 3.19. The van der Waals surface area contributed by atoms with Gasteiger partial charge in [0, 0.05) is 11.4 Å². The molecule has 2 rings (SSSR count). The zero-order chi connectivity index (χ0) is 13.1. The Kier molecular flexibility index (Phi) is 3.96. The van der Waals surface area contributed by atoms with Gasteiger partial charge < -0.3 is 10.4 Å². The van der Waals surface area contributed by atoms with Gasteiger partial charge in [0.25, 0.3) is 5.91 Å². The molecule has 1 aromatic rings. The summed E-state index contributed by atoms with van der Waals surface area (Å²) in [4.78, 5) is 26.4. The van der Waals surface area contributed by atoms with Crippen LogP contribution in [-0.4, -0.2) is 28.0 Å². The zero-order valence-corrected chi connectivity index (χ0v) is 11.0. The van der Waals surface area contributed by atoms with E-state index in [1.165, 1.54) is 11.8 Å². The fourth-order valence-electron chi connectivity index (χ4n) is 2.29. The highest BCUT2D eigenvalue weighted by molar-refractivity contribution is 7.11. The van der Waals surface area contributed by atoms with Crippen LogP contribution in [0.3, 0.4) is 0 Å². The molecule has 1 saturated carbocycles. The number of nitrogens with zero attached hydrogens (tertiary/aromatic N) is 1. The summed E-state index contributed by atoms with van der Waals surface area (Å²) in [5.74, 6) is -0.724. The van der Waals surface area contributed by atoms with Gasteiger partial charge in [-0.05, 0) is 18.8 Å². The fourth-order valence-corrected chi connectivity index (χ4v) is 2.98. The largest absolute Gasteiger partial charge is 0.476 e. The molecule has 0 radical (unpaired) electrons. The number of carbonyl (C=O) groups is 2. The third kappa shape index (κ3) is 3.07.